The van der Waals surface area contributed by atoms with Gasteiger partial charge in [0.05, 0.1) is 16.7 Å². The van der Waals surface area contributed by atoms with Crippen LogP contribution in [0.25, 0.3) is 72.0 Å². The van der Waals surface area contributed by atoms with Gasteiger partial charge in [0.2, 0.25) is 0 Å². The number of rotatable bonds is 4. The molecule has 51 heavy (non-hydrogen) atoms. The molecule has 0 N–H and O–H groups in total. The van der Waals surface area contributed by atoms with Crippen molar-refractivity contribution in [3.05, 3.63) is 210 Å². The maximum absolute atomic E-state index is 2.47. The van der Waals surface area contributed by atoms with E-state index in [2.05, 4.69) is 187 Å². The fourth-order valence-electron chi connectivity index (χ4n) is 9.02. The molecule has 8 aromatic carbocycles. The number of nitrogens with zero attached hydrogens (tertiary/aromatic N) is 1. The third kappa shape index (κ3) is 4.28. The first-order valence-electron chi connectivity index (χ1n) is 17.9. The molecule has 0 saturated heterocycles. The number of para-hydroxylation sites is 2. The highest BCUT2D eigenvalue weighted by atomic mass is 15.0. The molecular weight excluding hydrogens is 615 g/mol. The van der Waals surface area contributed by atoms with Crippen LogP contribution in [0, 0.1) is 0 Å². The summed E-state index contributed by atoms with van der Waals surface area (Å²) < 4.78 is 2.47. The molecule has 238 valence electrons. The van der Waals surface area contributed by atoms with Crippen molar-refractivity contribution in [3.63, 3.8) is 0 Å². The zero-order valence-electron chi connectivity index (χ0n) is 28.1. The van der Waals surface area contributed by atoms with Gasteiger partial charge in [-0.15, -0.1) is 0 Å². The molecule has 0 fully saturated rings. The van der Waals surface area contributed by atoms with Gasteiger partial charge in [-0.1, -0.05) is 152 Å². The quantitative estimate of drug-likeness (QED) is 0.179. The maximum Gasteiger partial charge on any atom is 0.0541 e. The van der Waals surface area contributed by atoms with Crippen molar-refractivity contribution < 1.29 is 0 Å². The predicted molar refractivity (Wildman–Crippen MR) is 213 cm³/mol. The van der Waals surface area contributed by atoms with Crippen LogP contribution in [0.3, 0.4) is 0 Å². The average molecular weight is 648 g/mol. The molecule has 0 radical (unpaired) electrons. The lowest BCUT2D eigenvalue weighted by molar-refractivity contribution is 1.02. The predicted octanol–water partition coefficient (Wildman–Crippen LogP) is 12.8. The Bertz CT molecular complexity index is 2840. The lowest BCUT2D eigenvalue weighted by atomic mass is 9.89. The van der Waals surface area contributed by atoms with E-state index in [1.807, 2.05) is 0 Å². The molecule has 0 amide bonds. The topological polar surface area (TPSA) is 4.93 Å². The molecule has 1 atom stereocenters. The van der Waals surface area contributed by atoms with Crippen LogP contribution in [0.4, 0.5) is 0 Å². The second-order valence-corrected chi connectivity index (χ2v) is 14.0. The van der Waals surface area contributed by atoms with Crippen LogP contribution in [0.1, 0.15) is 33.7 Å². The lowest BCUT2D eigenvalue weighted by Gasteiger charge is -2.15. The molecule has 9 aromatic rings. The van der Waals surface area contributed by atoms with Crippen molar-refractivity contribution in [2.75, 3.05) is 0 Å². The lowest BCUT2D eigenvalue weighted by Crippen LogP contribution is -1.98. The standard InChI is InChI=1S/C50H33N/c1-2-12-32(13-3-1)50-43-19-7-6-17-41(43)45-30-33(22-26-44(45)50)34-24-27-49-46(31-34)42-18-9-11-21-48(42)51(49)47-20-10-8-16-40(47)36-23-25-39-37(29-36)28-35-14-4-5-15-38(35)39/h1-27,29-31,50H,28H2. The maximum atomic E-state index is 2.47. The normalized spacial score (nSPS) is 14.0. The molecule has 1 unspecified atom stereocenters. The van der Waals surface area contributed by atoms with Crippen LogP contribution < -0.4 is 0 Å². The zero-order chi connectivity index (χ0) is 33.5. The highest BCUT2D eigenvalue weighted by Crippen LogP contribution is 2.49. The third-order valence-electron chi connectivity index (χ3n) is 11.3. The summed E-state index contributed by atoms with van der Waals surface area (Å²) in [5, 5.41) is 2.54. The summed E-state index contributed by atoms with van der Waals surface area (Å²) in [6, 6.07) is 67.6. The number of fused-ring (bicyclic) bond motifs is 9. The minimum Gasteiger partial charge on any atom is -0.309 e. The van der Waals surface area contributed by atoms with Crippen LogP contribution in [0.15, 0.2) is 182 Å². The van der Waals surface area contributed by atoms with Gasteiger partial charge in [0.25, 0.3) is 0 Å². The Morgan fingerprint density at radius 3 is 1.94 bits per heavy atom. The molecule has 0 aliphatic heterocycles. The van der Waals surface area contributed by atoms with Crippen molar-refractivity contribution in [3.8, 4) is 50.2 Å². The fraction of sp³-hybridized carbons (Fsp3) is 0.0400. The molecule has 2 aliphatic carbocycles. The second-order valence-electron chi connectivity index (χ2n) is 14.0. The average Bonchev–Trinajstić information content (AvgIpc) is 3.85. The highest BCUT2D eigenvalue weighted by molar-refractivity contribution is 6.11. The van der Waals surface area contributed by atoms with Crippen LogP contribution in [-0.2, 0) is 6.42 Å². The van der Waals surface area contributed by atoms with Crippen LogP contribution in [-0.4, -0.2) is 4.57 Å². The van der Waals surface area contributed by atoms with E-state index in [9.17, 15) is 0 Å². The largest absolute Gasteiger partial charge is 0.309 e. The number of aromatic nitrogens is 1. The SMILES string of the molecule is c1ccc(C2c3ccccc3-c3cc(-c4ccc5c(c4)c4ccccc4n5-c4ccccc4-c4ccc5c(c4)Cc4ccccc4-5)ccc32)cc1. The fourth-order valence-corrected chi connectivity index (χ4v) is 9.02. The van der Waals surface area contributed by atoms with E-state index in [4.69, 9.17) is 0 Å². The number of hydrogen-bond donors (Lipinski definition) is 0. The highest BCUT2D eigenvalue weighted by Gasteiger charge is 2.30. The molecule has 1 nitrogen and oxygen atoms in total. The van der Waals surface area contributed by atoms with Crippen LogP contribution in [0.5, 0.6) is 0 Å². The monoisotopic (exact) mass is 647 g/mol. The van der Waals surface area contributed by atoms with Gasteiger partial charge in [-0.25, -0.2) is 0 Å². The summed E-state index contributed by atoms with van der Waals surface area (Å²) in [5.41, 5.74) is 21.0. The Kier molecular flexibility index (Phi) is 6.15. The van der Waals surface area contributed by atoms with Gasteiger partial charge in [-0.2, -0.15) is 0 Å². The molecule has 0 spiro atoms. The van der Waals surface area contributed by atoms with E-state index in [0.717, 1.165) is 6.42 Å². The van der Waals surface area contributed by atoms with E-state index in [0.29, 0.717) is 0 Å². The minimum atomic E-state index is 0.257. The number of hydrogen-bond acceptors (Lipinski definition) is 0. The summed E-state index contributed by atoms with van der Waals surface area (Å²) in [7, 11) is 0. The van der Waals surface area contributed by atoms with Gasteiger partial charge < -0.3 is 4.57 Å². The molecule has 1 heteroatoms. The first-order chi connectivity index (χ1) is 25.3. The van der Waals surface area contributed by atoms with E-state index < -0.39 is 0 Å². The third-order valence-corrected chi connectivity index (χ3v) is 11.3. The van der Waals surface area contributed by atoms with Gasteiger partial charge in [-0.05, 0) is 104 Å². The van der Waals surface area contributed by atoms with Crippen molar-refractivity contribution in [1.82, 2.24) is 4.57 Å². The van der Waals surface area contributed by atoms with E-state index >= 15 is 0 Å². The smallest absolute Gasteiger partial charge is 0.0541 e. The van der Waals surface area contributed by atoms with Crippen LogP contribution >= 0.6 is 0 Å². The molecule has 0 saturated carbocycles. The summed E-state index contributed by atoms with van der Waals surface area (Å²) in [6.45, 7) is 0. The molecule has 0 bridgehead atoms. The Hall–Kier alpha value is -6.44. The minimum absolute atomic E-state index is 0.257. The summed E-state index contributed by atoms with van der Waals surface area (Å²) in [4.78, 5) is 0. The Balaban J connectivity index is 1.05. The summed E-state index contributed by atoms with van der Waals surface area (Å²) >= 11 is 0. The Morgan fingerprint density at radius 2 is 1.02 bits per heavy atom. The molecular formula is C50H33N. The van der Waals surface area contributed by atoms with E-state index in [-0.39, 0.29) is 5.92 Å². The Morgan fingerprint density at radius 1 is 0.373 bits per heavy atom. The van der Waals surface area contributed by atoms with E-state index in [1.165, 1.54) is 99.8 Å². The molecule has 2 aliphatic rings. The zero-order valence-corrected chi connectivity index (χ0v) is 28.1. The molecule has 11 rings (SSSR count). The Labute approximate surface area is 297 Å². The van der Waals surface area contributed by atoms with E-state index in [1.54, 1.807) is 0 Å². The summed E-state index contributed by atoms with van der Waals surface area (Å²) in [5.74, 6) is 0.257. The van der Waals surface area contributed by atoms with Crippen molar-refractivity contribution in [2.24, 2.45) is 0 Å². The van der Waals surface area contributed by atoms with Crippen molar-refractivity contribution in [1.29, 1.82) is 0 Å². The molecule has 1 heterocycles. The van der Waals surface area contributed by atoms with Gasteiger partial charge >= 0.3 is 0 Å². The summed E-state index contributed by atoms with van der Waals surface area (Å²) in [6.07, 6.45) is 0.987. The van der Waals surface area contributed by atoms with Gasteiger partial charge in [0.1, 0.15) is 0 Å². The van der Waals surface area contributed by atoms with Crippen molar-refractivity contribution >= 4 is 21.8 Å². The molecule has 1 aromatic heterocycles. The van der Waals surface area contributed by atoms with Gasteiger partial charge in [0, 0.05) is 22.3 Å². The van der Waals surface area contributed by atoms with Crippen molar-refractivity contribution in [2.45, 2.75) is 12.3 Å². The second kappa shape index (κ2) is 11.0. The first kappa shape index (κ1) is 28.4. The first-order valence-corrected chi connectivity index (χ1v) is 17.9. The van der Waals surface area contributed by atoms with Gasteiger partial charge in [0.15, 0.2) is 0 Å². The van der Waals surface area contributed by atoms with Gasteiger partial charge in [-0.3, -0.25) is 0 Å². The van der Waals surface area contributed by atoms with Crippen LogP contribution in [0.2, 0.25) is 0 Å². The number of benzene rings is 8.